The summed E-state index contributed by atoms with van der Waals surface area (Å²) in [6.45, 7) is 2.19. The van der Waals surface area contributed by atoms with E-state index in [1.807, 2.05) is 0 Å². The fraction of sp³-hybridized carbons (Fsp3) is 0.600. The molecule has 0 spiro atoms. The van der Waals surface area contributed by atoms with E-state index in [0.717, 1.165) is 25.7 Å². The molecular weight excluding hydrogens is 240 g/mol. The quantitative estimate of drug-likeness (QED) is 0.907. The summed E-state index contributed by atoms with van der Waals surface area (Å²) in [6.07, 6.45) is 2.57. The van der Waals surface area contributed by atoms with E-state index in [0.29, 0.717) is 17.5 Å². The van der Waals surface area contributed by atoms with Gasteiger partial charge in [0.2, 0.25) is 5.88 Å². The van der Waals surface area contributed by atoms with Crippen LogP contribution in [0.15, 0.2) is 18.2 Å². The maximum Gasteiger partial charge on any atom is 0.213 e. The Morgan fingerprint density at radius 2 is 2.16 bits per heavy atom. The van der Waals surface area contributed by atoms with Gasteiger partial charge in [-0.1, -0.05) is 13.0 Å². The molecule has 1 saturated carbocycles. The van der Waals surface area contributed by atoms with E-state index in [1.165, 1.54) is 0 Å². The van der Waals surface area contributed by atoms with Crippen LogP contribution in [0.5, 0.6) is 5.88 Å². The predicted octanol–water partition coefficient (Wildman–Crippen LogP) is 2.84. The Hall–Kier alpha value is -1.60. The second kappa shape index (κ2) is 5.58. The number of aliphatic hydroxyl groups excluding tert-OH is 1. The Kier molecular flexibility index (Phi) is 4.06. The first-order valence-electron chi connectivity index (χ1n) is 6.71. The average Bonchev–Trinajstić information content (AvgIpc) is 2.48. The predicted molar refractivity (Wildman–Crippen MR) is 71.4 cm³/mol. The van der Waals surface area contributed by atoms with Crippen molar-refractivity contribution in [1.29, 1.82) is 5.26 Å². The molecule has 1 aliphatic carbocycles. The molecule has 0 aliphatic heterocycles. The largest absolute Gasteiger partial charge is 0.481 e. The minimum atomic E-state index is -0.847. The normalized spacial score (nSPS) is 28.4. The van der Waals surface area contributed by atoms with Gasteiger partial charge in [0.15, 0.2) is 0 Å². The van der Waals surface area contributed by atoms with Gasteiger partial charge in [0.05, 0.1) is 24.3 Å². The van der Waals surface area contributed by atoms with Crippen LogP contribution in [0.2, 0.25) is 0 Å². The molecular formula is C15H20N2O2. The summed E-state index contributed by atoms with van der Waals surface area (Å²) in [5.41, 5.74) is -0.179. The highest BCUT2D eigenvalue weighted by molar-refractivity contribution is 5.21. The van der Waals surface area contributed by atoms with Crippen molar-refractivity contribution in [2.45, 2.75) is 38.7 Å². The summed E-state index contributed by atoms with van der Waals surface area (Å²) in [5.74, 6) is 1.10. The smallest absolute Gasteiger partial charge is 0.213 e. The molecule has 4 nitrogen and oxygen atoms in total. The lowest BCUT2D eigenvalue weighted by Gasteiger charge is -2.37. The third kappa shape index (κ3) is 2.71. The van der Waals surface area contributed by atoms with Crippen molar-refractivity contribution >= 4 is 0 Å². The van der Waals surface area contributed by atoms with E-state index in [1.54, 1.807) is 25.3 Å². The molecule has 0 radical (unpaired) electrons. The van der Waals surface area contributed by atoms with Gasteiger partial charge in [-0.3, -0.25) is 0 Å². The molecule has 1 aromatic heterocycles. The molecule has 4 heteroatoms. The third-order valence-corrected chi connectivity index (χ3v) is 4.15. The molecule has 1 fully saturated rings. The Labute approximate surface area is 114 Å². The topological polar surface area (TPSA) is 66.1 Å². The summed E-state index contributed by atoms with van der Waals surface area (Å²) >= 11 is 0. The molecule has 1 unspecified atom stereocenters. The molecule has 0 saturated heterocycles. The second-order valence-corrected chi connectivity index (χ2v) is 5.46. The van der Waals surface area contributed by atoms with Crippen molar-refractivity contribution in [2.24, 2.45) is 11.3 Å². The summed E-state index contributed by atoms with van der Waals surface area (Å²) < 4.78 is 5.07. The summed E-state index contributed by atoms with van der Waals surface area (Å²) in [6, 6.07) is 7.62. The van der Waals surface area contributed by atoms with Gasteiger partial charge in [0, 0.05) is 6.07 Å². The van der Waals surface area contributed by atoms with Crippen molar-refractivity contribution in [3.8, 4) is 11.9 Å². The first kappa shape index (κ1) is 13.8. The number of hydrogen-bond donors (Lipinski definition) is 1. The van der Waals surface area contributed by atoms with Crippen LogP contribution < -0.4 is 4.74 Å². The van der Waals surface area contributed by atoms with Gasteiger partial charge in [0.25, 0.3) is 0 Å². The molecule has 1 heterocycles. The van der Waals surface area contributed by atoms with Gasteiger partial charge >= 0.3 is 0 Å². The third-order valence-electron chi connectivity index (χ3n) is 4.15. The van der Waals surface area contributed by atoms with Crippen molar-refractivity contribution in [3.63, 3.8) is 0 Å². The van der Waals surface area contributed by atoms with E-state index < -0.39 is 11.5 Å². The number of aliphatic hydroxyl groups is 1. The zero-order valence-electron chi connectivity index (χ0n) is 11.5. The number of hydrogen-bond acceptors (Lipinski definition) is 4. The number of methoxy groups -OCH3 is 1. The number of ether oxygens (including phenoxy) is 1. The van der Waals surface area contributed by atoms with Crippen molar-refractivity contribution in [1.82, 2.24) is 4.98 Å². The van der Waals surface area contributed by atoms with Gasteiger partial charge in [-0.15, -0.1) is 0 Å². The summed E-state index contributed by atoms with van der Waals surface area (Å²) in [4.78, 5) is 4.26. The molecule has 1 aromatic rings. The van der Waals surface area contributed by atoms with Crippen molar-refractivity contribution in [2.75, 3.05) is 7.11 Å². The van der Waals surface area contributed by atoms with Crippen LogP contribution in [0.3, 0.4) is 0 Å². The highest BCUT2D eigenvalue weighted by Crippen LogP contribution is 2.46. The fourth-order valence-corrected chi connectivity index (χ4v) is 2.70. The Morgan fingerprint density at radius 3 is 2.74 bits per heavy atom. The Balaban J connectivity index is 2.25. The Bertz CT molecular complexity index is 473. The first-order valence-corrected chi connectivity index (χ1v) is 6.71. The number of rotatable bonds is 3. The van der Waals surface area contributed by atoms with Crippen LogP contribution in [0.1, 0.15) is 44.4 Å². The Morgan fingerprint density at radius 1 is 1.47 bits per heavy atom. The number of nitrogens with zero attached hydrogens (tertiary/aromatic N) is 2. The van der Waals surface area contributed by atoms with Gasteiger partial charge in [0.1, 0.15) is 6.10 Å². The maximum absolute atomic E-state index is 10.6. The van der Waals surface area contributed by atoms with Gasteiger partial charge < -0.3 is 9.84 Å². The second-order valence-electron chi connectivity index (χ2n) is 5.46. The zero-order chi connectivity index (χ0) is 13.9. The zero-order valence-corrected chi connectivity index (χ0v) is 11.5. The van der Waals surface area contributed by atoms with Gasteiger partial charge in [-0.25, -0.2) is 4.98 Å². The van der Waals surface area contributed by atoms with E-state index in [2.05, 4.69) is 18.0 Å². The van der Waals surface area contributed by atoms with Gasteiger partial charge in [-0.05, 0) is 37.7 Å². The highest BCUT2D eigenvalue weighted by Gasteiger charge is 2.42. The minimum Gasteiger partial charge on any atom is -0.481 e. The molecule has 19 heavy (non-hydrogen) atoms. The molecule has 2 rings (SSSR count). The van der Waals surface area contributed by atoms with E-state index >= 15 is 0 Å². The van der Waals surface area contributed by atoms with Crippen LogP contribution in [0.4, 0.5) is 0 Å². The maximum atomic E-state index is 10.6. The number of nitriles is 1. The standard InChI is InChI=1S/C15H20N2O2/c1-11-6-8-15(10-16,9-7-11)14(18)12-4-3-5-13(17-12)19-2/h3-5,11,14,18H,6-9H2,1-2H3. The SMILES string of the molecule is COc1cccc(C(O)C2(C#N)CCC(C)CC2)n1. The van der Waals surface area contributed by atoms with Crippen LogP contribution in [-0.2, 0) is 0 Å². The molecule has 0 aromatic carbocycles. The molecule has 0 amide bonds. The van der Waals surface area contributed by atoms with Crippen LogP contribution in [0.25, 0.3) is 0 Å². The molecule has 1 aliphatic rings. The summed E-state index contributed by atoms with van der Waals surface area (Å²) in [5, 5.41) is 20.1. The highest BCUT2D eigenvalue weighted by atomic mass is 16.5. The average molecular weight is 260 g/mol. The van der Waals surface area contributed by atoms with Crippen LogP contribution >= 0.6 is 0 Å². The summed E-state index contributed by atoms with van der Waals surface area (Å²) in [7, 11) is 1.54. The number of aromatic nitrogens is 1. The van der Waals surface area contributed by atoms with E-state index in [4.69, 9.17) is 4.74 Å². The first-order chi connectivity index (χ1) is 9.11. The fourth-order valence-electron chi connectivity index (χ4n) is 2.70. The minimum absolute atomic E-state index is 0.466. The number of pyridine rings is 1. The van der Waals surface area contributed by atoms with Crippen LogP contribution in [0, 0.1) is 22.7 Å². The van der Waals surface area contributed by atoms with E-state index in [-0.39, 0.29) is 0 Å². The van der Waals surface area contributed by atoms with Crippen molar-refractivity contribution in [3.05, 3.63) is 23.9 Å². The molecule has 0 bridgehead atoms. The molecule has 1 N–H and O–H groups in total. The van der Waals surface area contributed by atoms with Crippen LogP contribution in [-0.4, -0.2) is 17.2 Å². The monoisotopic (exact) mass is 260 g/mol. The molecule has 102 valence electrons. The lowest BCUT2D eigenvalue weighted by molar-refractivity contribution is 0.0233. The van der Waals surface area contributed by atoms with Gasteiger partial charge in [-0.2, -0.15) is 5.26 Å². The molecule has 1 atom stereocenters. The lowest BCUT2D eigenvalue weighted by atomic mass is 9.68. The lowest BCUT2D eigenvalue weighted by Crippen LogP contribution is -2.32. The van der Waals surface area contributed by atoms with Crippen molar-refractivity contribution < 1.29 is 9.84 Å². The van der Waals surface area contributed by atoms with E-state index in [9.17, 15) is 10.4 Å².